The second-order valence-corrected chi connectivity index (χ2v) is 6.39. The van der Waals surface area contributed by atoms with Gasteiger partial charge in [0, 0.05) is 37.1 Å². The number of nitrogens with zero attached hydrogens (tertiary/aromatic N) is 2. The number of carbonyl (C=O) groups excluding carboxylic acids is 2. The van der Waals surface area contributed by atoms with Crippen LogP contribution in [0.4, 0.5) is 5.69 Å². The number of carboxylic acid groups (broad SMARTS) is 1. The van der Waals surface area contributed by atoms with Gasteiger partial charge in [-0.1, -0.05) is 6.07 Å². The van der Waals surface area contributed by atoms with Gasteiger partial charge in [0.25, 0.3) is 0 Å². The average molecular weight is 336 g/mol. The SMILES string of the molecule is CSc1cccc(N2CC(C(=O)N(C)CCC(=O)O)CC2=O)c1. The third kappa shape index (κ3) is 4.25. The standard InChI is InChI=1S/C16H20N2O4S/c1-17(7-6-15(20)21)16(22)11-8-14(19)18(10-11)12-4-3-5-13(9-12)23-2/h3-5,9,11H,6-8,10H2,1-2H3,(H,20,21). The van der Waals surface area contributed by atoms with Crippen LogP contribution in [-0.4, -0.2) is 54.2 Å². The molecule has 0 aromatic heterocycles. The quantitative estimate of drug-likeness (QED) is 0.800. The highest BCUT2D eigenvalue weighted by Crippen LogP contribution is 2.28. The normalized spacial score (nSPS) is 17.4. The number of benzene rings is 1. The first-order valence-electron chi connectivity index (χ1n) is 7.33. The summed E-state index contributed by atoms with van der Waals surface area (Å²) in [6.07, 6.45) is 2.04. The summed E-state index contributed by atoms with van der Waals surface area (Å²) >= 11 is 1.60. The molecule has 1 aliphatic rings. The fourth-order valence-corrected chi connectivity index (χ4v) is 3.04. The maximum absolute atomic E-state index is 12.4. The van der Waals surface area contributed by atoms with E-state index in [1.54, 1.807) is 23.7 Å². The van der Waals surface area contributed by atoms with Gasteiger partial charge < -0.3 is 14.9 Å². The van der Waals surface area contributed by atoms with E-state index in [1.807, 2.05) is 30.5 Å². The fraction of sp³-hybridized carbons (Fsp3) is 0.438. The molecule has 7 heteroatoms. The molecule has 0 aliphatic carbocycles. The van der Waals surface area contributed by atoms with Gasteiger partial charge in [-0.2, -0.15) is 0 Å². The van der Waals surface area contributed by atoms with E-state index < -0.39 is 11.9 Å². The van der Waals surface area contributed by atoms with Crippen molar-refractivity contribution in [2.75, 3.05) is 31.3 Å². The zero-order chi connectivity index (χ0) is 17.0. The molecule has 6 nitrogen and oxygen atoms in total. The van der Waals surface area contributed by atoms with E-state index in [-0.39, 0.29) is 31.2 Å². The van der Waals surface area contributed by atoms with Crippen LogP contribution in [0.5, 0.6) is 0 Å². The summed E-state index contributed by atoms with van der Waals surface area (Å²) in [7, 11) is 1.58. The van der Waals surface area contributed by atoms with Crippen molar-refractivity contribution in [3.63, 3.8) is 0 Å². The Morgan fingerprint density at radius 2 is 2.17 bits per heavy atom. The van der Waals surface area contributed by atoms with Crippen LogP contribution in [0.25, 0.3) is 0 Å². The van der Waals surface area contributed by atoms with Gasteiger partial charge in [0.1, 0.15) is 0 Å². The molecular weight excluding hydrogens is 316 g/mol. The molecule has 1 aliphatic heterocycles. The summed E-state index contributed by atoms with van der Waals surface area (Å²) in [6.45, 7) is 0.494. The Balaban J connectivity index is 2.04. The average Bonchev–Trinajstić information content (AvgIpc) is 2.93. The van der Waals surface area contributed by atoms with Gasteiger partial charge in [-0.15, -0.1) is 11.8 Å². The van der Waals surface area contributed by atoms with Gasteiger partial charge in [-0.25, -0.2) is 0 Å². The van der Waals surface area contributed by atoms with Crippen molar-refractivity contribution < 1.29 is 19.5 Å². The van der Waals surface area contributed by atoms with E-state index in [2.05, 4.69) is 0 Å². The van der Waals surface area contributed by atoms with E-state index in [4.69, 9.17) is 5.11 Å². The first-order chi connectivity index (χ1) is 10.9. The third-order valence-corrected chi connectivity index (χ3v) is 4.60. The van der Waals surface area contributed by atoms with Gasteiger partial charge in [0.2, 0.25) is 11.8 Å². The maximum atomic E-state index is 12.4. The van der Waals surface area contributed by atoms with Gasteiger partial charge in [-0.3, -0.25) is 14.4 Å². The molecule has 0 radical (unpaired) electrons. The summed E-state index contributed by atoms with van der Waals surface area (Å²) in [4.78, 5) is 39.3. The molecule has 0 saturated carbocycles. The van der Waals surface area contributed by atoms with E-state index >= 15 is 0 Å². The molecule has 2 amide bonds. The number of carbonyl (C=O) groups is 3. The lowest BCUT2D eigenvalue weighted by molar-refractivity contribution is -0.139. The molecule has 1 fully saturated rings. The summed E-state index contributed by atoms with van der Waals surface area (Å²) in [5.41, 5.74) is 0.797. The number of hydrogen-bond acceptors (Lipinski definition) is 4. The second-order valence-electron chi connectivity index (χ2n) is 5.51. The molecule has 1 aromatic rings. The lowest BCUT2D eigenvalue weighted by atomic mass is 10.1. The Bertz CT molecular complexity index is 620. The van der Waals surface area contributed by atoms with Crippen LogP contribution in [0.1, 0.15) is 12.8 Å². The highest BCUT2D eigenvalue weighted by Gasteiger charge is 2.36. The van der Waals surface area contributed by atoms with Crippen LogP contribution in [0.15, 0.2) is 29.2 Å². The summed E-state index contributed by atoms with van der Waals surface area (Å²) in [6, 6.07) is 7.65. The fourth-order valence-electron chi connectivity index (χ4n) is 2.59. The summed E-state index contributed by atoms with van der Waals surface area (Å²) in [5, 5.41) is 8.69. The van der Waals surface area contributed by atoms with Gasteiger partial charge in [-0.05, 0) is 24.5 Å². The molecule has 0 spiro atoms. The minimum Gasteiger partial charge on any atom is -0.481 e. The van der Waals surface area contributed by atoms with Gasteiger partial charge >= 0.3 is 5.97 Å². The van der Waals surface area contributed by atoms with Crippen LogP contribution in [-0.2, 0) is 14.4 Å². The van der Waals surface area contributed by atoms with Crippen molar-refractivity contribution in [2.24, 2.45) is 5.92 Å². The summed E-state index contributed by atoms with van der Waals surface area (Å²) < 4.78 is 0. The number of carboxylic acids is 1. The minimum absolute atomic E-state index is 0.0757. The molecule has 124 valence electrons. The van der Waals surface area contributed by atoms with Gasteiger partial charge in [0.05, 0.1) is 12.3 Å². The number of amides is 2. The molecule has 1 heterocycles. The van der Waals surface area contributed by atoms with Crippen LogP contribution in [0, 0.1) is 5.92 Å². The maximum Gasteiger partial charge on any atom is 0.305 e. The van der Waals surface area contributed by atoms with Crippen LogP contribution < -0.4 is 4.90 Å². The number of anilines is 1. The lowest BCUT2D eigenvalue weighted by Gasteiger charge is -2.21. The Labute approximate surface area is 139 Å². The predicted octanol–water partition coefficient (Wildman–Crippen LogP) is 1.69. The molecule has 1 aromatic carbocycles. The molecule has 23 heavy (non-hydrogen) atoms. The Morgan fingerprint density at radius 1 is 1.43 bits per heavy atom. The molecule has 1 saturated heterocycles. The van der Waals surface area contributed by atoms with Crippen molar-refractivity contribution in [2.45, 2.75) is 17.7 Å². The monoisotopic (exact) mass is 336 g/mol. The van der Waals surface area contributed by atoms with E-state index in [1.165, 1.54) is 4.90 Å². The van der Waals surface area contributed by atoms with E-state index in [0.717, 1.165) is 10.6 Å². The van der Waals surface area contributed by atoms with E-state index in [9.17, 15) is 14.4 Å². The molecule has 2 rings (SSSR count). The minimum atomic E-state index is -0.942. The van der Waals surface area contributed by atoms with Crippen molar-refractivity contribution in [1.29, 1.82) is 0 Å². The van der Waals surface area contributed by atoms with Crippen molar-refractivity contribution in [3.8, 4) is 0 Å². The molecule has 1 N–H and O–H groups in total. The van der Waals surface area contributed by atoms with Gasteiger partial charge in [0.15, 0.2) is 0 Å². The number of thioether (sulfide) groups is 1. The van der Waals surface area contributed by atoms with Crippen LogP contribution in [0.3, 0.4) is 0 Å². The topological polar surface area (TPSA) is 77.9 Å². The first kappa shape index (κ1) is 17.3. The third-order valence-electron chi connectivity index (χ3n) is 3.88. The Hall–Kier alpha value is -2.02. The zero-order valence-corrected chi connectivity index (χ0v) is 14.0. The van der Waals surface area contributed by atoms with E-state index in [0.29, 0.717) is 6.54 Å². The first-order valence-corrected chi connectivity index (χ1v) is 8.56. The van der Waals surface area contributed by atoms with Crippen molar-refractivity contribution in [3.05, 3.63) is 24.3 Å². The summed E-state index contributed by atoms with van der Waals surface area (Å²) in [5.74, 6) is -1.61. The predicted molar refractivity (Wildman–Crippen MR) is 88.6 cm³/mol. The number of hydrogen-bond donors (Lipinski definition) is 1. The molecular formula is C16H20N2O4S. The molecule has 1 unspecified atom stereocenters. The smallest absolute Gasteiger partial charge is 0.305 e. The van der Waals surface area contributed by atoms with Crippen LogP contribution in [0.2, 0.25) is 0 Å². The number of aliphatic carboxylic acids is 1. The lowest BCUT2D eigenvalue weighted by Crippen LogP contribution is -2.36. The molecule has 0 bridgehead atoms. The highest BCUT2D eigenvalue weighted by atomic mass is 32.2. The molecule has 1 atom stereocenters. The Kier molecular flexibility index (Phi) is 5.65. The van der Waals surface area contributed by atoms with Crippen molar-refractivity contribution in [1.82, 2.24) is 4.90 Å². The zero-order valence-electron chi connectivity index (χ0n) is 13.2. The largest absolute Gasteiger partial charge is 0.481 e. The Morgan fingerprint density at radius 3 is 2.83 bits per heavy atom. The van der Waals surface area contributed by atoms with Crippen molar-refractivity contribution >= 4 is 35.2 Å². The van der Waals surface area contributed by atoms with Crippen LogP contribution >= 0.6 is 11.8 Å². The second kappa shape index (κ2) is 7.50. The highest BCUT2D eigenvalue weighted by molar-refractivity contribution is 7.98. The number of rotatable bonds is 6.